The maximum absolute atomic E-state index is 6.19. The summed E-state index contributed by atoms with van der Waals surface area (Å²) in [5, 5.41) is 6.13. The van der Waals surface area contributed by atoms with Crippen LogP contribution < -0.4 is 0 Å². The predicted molar refractivity (Wildman–Crippen MR) is 72.5 cm³/mol. The van der Waals surface area contributed by atoms with Crippen LogP contribution in [0.3, 0.4) is 0 Å². The summed E-state index contributed by atoms with van der Waals surface area (Å²) in [5.41, 5.74) is 3.34. The van der Waals surface area contributed by atoms with Crippen LogP contribution in [0.4, 0.5) is 0 Å². The summed E-state index contributed by atoms with van der Waals surface area (Å²) in [6.45, 7) is 0. The summed E-state index contributed by atoms with van der Waals surface area (Å²) in [6.07, 6.45) is 3.10. The van der Waals surface area contributed by atoms with Crippen molar-refractivity contribution in [3.63, 3.8) is 0 Å². The number of benzene rings is 1. The van der Waals surface area contributed by atoms with E-state index in [0.29, 0.717) is 10.0 Å². The van der Waals surface area contributed by atoms with Crippen molar-refractivity contribution in [3.05, 3.63) is 46.4 Å². The Morgan fingerprint density at radius 1 is 1.22 bits per heavy atom. The molecule has 0 bridgehead atoms. The Morgan fingerprint density at radius 2 is 2.11 bits per heavy atom. The second-order valence-corrected chi connectivity index (χ2v) is 5.15. The molecule has 0 saturated heterocycles. The number of aromatic nitrogens is 4. The molecule has 2 heterocycles. The molecule has 7 heteroatoms. The van der Waals surface area contributed by atoms with Gasteiger partial charge in [0.05, 0.1) is 10.5 Å². The minimum absolute atomic E-state index is 0.565. The Balaban J connectivity index is 2.16. The molecule has 4 nitrogen and oxygen atoms in total. The third kappa shape index (κ3) is 2.01. The Labute approximate surface area is 117 Å². The molecule has 1 aromatic carbocycles. The molecule has 90 valence electrons. The van der Waals surface area contributed by atoms with Crippen LogP contribution >= 0.6 is 34.5 Å². The van der Waals surface area contributed by atoms with Gasteiger partial charge in [0.25, 0.3) is 0 Å². The highest BCUT2D eigenvalue weighted by atomic mass is 35.5. The third-order valence-corrected chi connectivity index (χ3v) is 3.72. The minimum Gasteiger partial charge on any atom is -0.242 e. The fourth-order valence-corrected chi connectivity index (χ4v) is 2.81. The summed E-state index contributed by atoms with van der Waals surface area (Å²) < 4.78 is 1.66. The Morgan fingerprint density at radius 3 is 2.83 bits per heavy atom. The number of rotatable bonds is 2. The van der Waals surface area contributed by atoms with Gasteiger partial charge in [-0.3, -0.25) is 0 Å². The highest BCUT2D eigenvalue weighted by Crippen LogP contribution is 2.34. The first kappa shape index (κ1) is 11.6. The SMILES string of the molecule is Clc1ccc(-c2ncsc2-n2cncn2)c(Cl)c1. The molecule has 0 atom stereocenters. The molecule has 0 radical (unpaired) electrons. The molecule has 0 spiro atoms. The zero-order valence-electron chi connectivity index (χ0n) is 8.92. The van der Waals surface area contributed by atoms with Crippen molar-refractivity contribution in [1.82, 2.24) is 19.7 Å². The summed E-state index contributed by atoms with van der Waals surface area (Å²) in [6, 6.07) is 5.33. The lowest BCUT2D eigenvalue weighted by Crippen LogP contribution is -1.94. The van der Waals surface area contributed by atoms with Crippen LogP contribution in [0.15, 0.2) is 36.4 Å². The van der Waals surface area contributed by atoms with E-state index in [4.69, 9.17) is 23.2 Å². The lowest BCUT2D eigenvalue weighted by Gasteiger charge is -2.04. The maximum Gasteiger partial charge on any atom is 0.147 e. The molecule has 0 fully saturated rings. The van der Waals surface area contributed by atoms with Crippen LogP contribution in [0, 0.1) is 0 Å². The van der Waals surface area contributed by atoms with Crippen molar-refractivity contribution < 1.29 is 0 Å². The van der Waals surface area contributed by atoms with Gasteiger partial charge < -0.3 is 0 Å². The first-order valence-corrected chi connectivity index (χ1v) is 6.63. The normalized spacial score (nSPS) is 10.8. The van der Waals surface area contributed by atoms with Crippen molar-refractivity contribution in [2.45, 2.75) is 0 Å². The summed E-state index contributed by atoms with van der Waals surface area (Å²) in [4.78, 5) is 8.26. The Kier molecular flexibility index (Phi) is 3.03. The van der Waals surface area contributed by atoms with Gasteiger partial charge in [-0.25, -0.2) is 14.6 Å². The summed E-state index contributed by atoms with van der Waals surface area (Å²) in [5.74, 6) is 0. The average molecular weight is 297 g/mol. The molecule has 0 N–H and O–H groups in total. The molecule has 0 unspecified atom stereocenters. The number of hydrogen-bond donors (Lipinski definition) is 0. The topological polar surface area (TPSA) is 43.6 Å². The first-order chi connectivity index (χ1) is 8.75. The molecule has 18 heavy (non-hydrogen) atoms. The third-order valence-electron chi connectivity index (χ3n) is 2.36. The van der Waals surface area contributed by atoms with Crippen LogP contribution in [-0.2, 0) is 0 Å². The number of hydrogen-bond acceptors (Lipinski definition) is 4. The van der Waals surface area contributed by atoms with E-state index in [-0.39, 0.29) is 0 Å². The minimum atomic E-state index is 0.565. The zero-order valence-corrected chi connectivity index (χ0v) is 11.2. The molecule has 0 aliphatic carbocycles. The summed E-state index contributed by atoms with van der Waals surface area (Å²) >= 11 is 13.5. The first-order valence-electron chi connectivity index (χ1n) is 4.99. The molecule has 3 rings (SSSR count). The molecular formula is C11H6Cl2N4S. The average Bonchev–Trinajstić information content (AvgIpc) is 2.98. The molecule has 0 aliphatic heterocycles. The Bertz CT molecular complexity index is 678. The smallest absolute Gasteiger partial charge is 0.147 e. The largest absolute Gasteiger partial charge is 0.242 e. The quantitative estimate of drug-likeness (QED) is 0.724. The maximum atomic E-state index is 6.19. The van der Waals surface area contributed by atoms with Crippen LogP contribution in [-0.4, -0.2) is 19.7 Å². The molecule has 0 saturated carbocycles. The fourth-order valence-electron chi connectivity index (χ4n) is 1.58. The van der Waals surface area contributed by atoms with Gasteiger partial charge in [0.15, 0.2) is 0 Å². The molecular weight excluding hydrogens is 291 g/mol. The van der Waals surface area contributed by atoms with Gasteiger partial charge in [-0.05, 0) is 18.2 Å². The van der Waals surface area contributed by atoms with E-state index < -0.39 is 0 Å². The molecule has 2 aromatic heterocycles. The molecule has 0 amide bonds. The standard InChI is InChI=1S/C11H6Cl2N4S/c12-7-1-2-8(9(13)3-7)10-11(18-6-15-10)17-5-14-4-16-17/h1-6H. The van der Waals surface area contributed by atoms with Crippen LogP contribution in [0.1, 0.15) is 0 Å². The van der Waals surface area contributed by atoms with Crippen molar-refractivity contribution in [3.8, 4) is 16.3 Å². The van der Waals surface area contributed by atoms with E-state index in [0.717, 1.165) is 16.3 Å². The second-order valence-electron chi connectivity index (χ2n) is 3.47. The van der Waals surface area contributed by atoms with Gasteiger partial charge >= 0.3 is 0 Å². The highest BCUT2D eigenvalue weighted by molar-refractivity contribution is 7.12. The van der Waals surface area contributed by atoms with E-state index in [1.807, 2.05) is 6.07 Å². The highest BCUT2D eigenvalue weighted by Gasteiger charge is 2.14. The van der Waals surface area contributed by atoms with Gasteiger partial charge in [0.2, 0.25) is 0 Å². The van der Waals surface area contributed by atoms with Crippen LogP contribution in [0.25, 0.3) is 16.3 Å². The van der Waals surface area contributed by atoms with Crippen LogP contribution in [0.5, 0.6) is 0 Å². The monoisotopic (exact) mass is 296 g/mol. The van der Waals surface area contributed by atoms with Gasteiger partial charge in [-0.2, -0.15) is 5.10 Å². The zero-order chi connectivity index (χ0) is 12.5. The molecule has 0 aliphatic rings. The van der Waals surface area contributed by atoms with Crippen molar-refractivity contribution in [2.24, 2.45) is 0 Å². The van der Waals surface area contributed by atoms with Crippen molar-refractivity contribution in [2.75, 3.05) is 0 Å². The lowest BCUT2D eigenvalue weighted by molar-refractivity contribution is 0.895. The van der Waals surface area contributed by atoms with E-state index >= 15 is 0 Å². The van der Waals surface area contributed by atoms with E-state index in [9.17, 15) is 0 Å². The number of nitrogens with zero attached hydrogens (tertiary/aromatic N) is 4. The van der Waals surface area contributed by atoms with Gasteiger partial charge in [0, 0.05) is 10.6 Å². The van der Waals surface area contributed by atoms with E-state index in [1.54, 1.807) is 28.7 Å². The fraction of sp³-hybridized carbons (Fsp3) is 0. The Hall–Kier alpha value is -1.43. The summed E-state index contributed by atoms with van der Waals surface area (Å²) in [7, 11) is 0. The van der Waals surface area contributed by atoms with Gasteiger partial charge in [0.1, 0.15) is 23.3 Å². The van der Waals surface area contributed by atoms with Crippen molar-refractivity contribution >= 4 is 34.5 Å². The number of thiazole rings is 1. The van der Waals surface area contributed by atoms with Gasteiger partial charge in [-0.1, -0.05) is 23.2 Å². The van der Waals surface area contributed by atoms with Crippen molar-refractivity contribution in [1.29, 1.82) is 0 Å². The van der Waals surface area contributed by atoms with E-state index in [1.165, 1.54) is 17.7 Å². The van der Waals surface area contributed by atoms with E-state index in [2.05, 4.69) is 15.1 Å². The van der Waals surface area contributed by atoms with Crippen LogP contribution in [0.2, 0.25) is 10.0 Å². The number of halogens is 2. The van der Waals surface area contributed by atoms with Gasteiger partial charge in [-0.15, -0.1) is 11.3 Å². The molecule has 3 aromatic rings. The predicted octanol–water partition coefficient (Wildman–Crippen LogP) is 3.70. The second kappa shape index (κ2) is 4.68. The lowest BCUT2D eigenvalue weighted by atomic mass is 10.1.